The van der Waals surface area contributed by atoms with Crippen LogP contribution in [0.25, 0.3) is 0 Å². The predicted octanol–water partition coefficient (Wildman–Crippen LogP) is 5.49. The van der Waals surface area contributed by atoms with Crippen molar-refractivity contribution in [2.75, 3.05) is 5.32 Å². The zero-order valence-electron chi connectivity index (χ0n) is 18.4. The van der Waals surface area contributed by atoms with E-state index >= 15 is 0 Å². The van der Waals surface area contributed by atoms with Gasteiger partial charge in [0.1, 0.15) is 11.1 Å². The Hall–Kier alpha value is -3.38. The summed E-state index contributed by atoms with van der Waals surface area (Å²) >= 11 is 1.41. The average molecular weight is 443 g/mol. The Kier molecular flexibility index (Phi) is 6.71. The molecule has 0 aliphatic rings. The number of carbonyl (C=O) groups is 1. The van der Waals surface area contributed by atoms with Crippen molar-refractivity contribution in [1.29, 1.82) is 0 Å². The lowest BCUT2D eigenvalue weighted by atomic mass is 10.1. The average Bonchev–Trinajstić information content (AvgIpc) is 3.11. The minimum Gasteiger partial charge on any atom is -0.325 e. The van der Waals surface area contributed by atoms with Crippen LogP contribution in [0, 0.1) is 13.8 Å². The van der Waals surface area contributed by atoms with Crippen molar-refractivity contribution < 1.29 is 4.79 Å². The summed E-state index contributed by atoms with van der Waals surface area (Å²) in [4.78, 5) is 13.4. The largest absolute Gasteiger partial charge is 0.325 e. The summed E-state index contributed by atoms with van der Waals surface area (Å²) in [7, 11) is 1.95. The predicted molar refractivity (Wildman–Crippen MR) is 130 cm³/mol. The molecule has 1 aromatic heterocycles. The summed E-state index contributed by atoms with van der Waals surface area (Å²) < 4.78 is 1.97. The highest BCUT2D eigenvalue weighted by Gasteiger charge is 2.25. The quantitative estimate of drug-likeness (QED) is 0.384. The number of aromatic nitrogens is 3. The maximum Gasteiger partial charge on any atom is 0.242 e. The number of hydrogen-bond acceptors (Lipinski definition) is 4. The highest BCUT2D eigenvalue weighted by Crippen LogP contribution is 2.35. The number of aryl methyl sites for hydroxylation is 2. The van der Waals surface area contributed by atoms with Gasteiger partial charge in [-0.25, -0.2) is 0 Å². The molecular weight excluding hydrogens is 416 g/mol. The zero-order valence-corrected chi connectivity index (χ0v) is 19.3. The molecule has 6 heteroatoms. The van der Waals surface area contributed by atoms with E-state index in [1.165, 1.54) is 17.3 Å². The summed E-state index contributed by atoms with van der Waals surface area (Å²) in [5, 5.41) is 12.1. The minimum absolute atomic E-state index is 0.0844. The Balaban J connectivity index is 1.58. The van der Waals surface area contributed by atoms with Crippen LogP contribution in [0.5, 0.6) is 0 Å². The summed E-state index contributed by atoms with van der Waals surface area (Å²) in [5.74, 6) is 0.777. The second-order valence-corrected chi connectivity index (χ2v) is 8.97. The maximum atomic E-state index is 13.4. The van der Waals surface area contributed by atoms with E-state index in [2.05, 4.69) is 33.7 Å². The molecule has 4 aromatic rings. The number of nitrogens with one attached hydrogen (secondary N) is 1. The molecule has 162 valence electrons. The van der Waals surface area contributed by atoms with Crippen molar-refractivity contribution in [1.82, 2.24) is 14.8 Å². The highest BCUT2D eigenvalue weighted by atomic mass is 32.2. The Morgan fingerprint density at radius 3 is 2.22 bits per heavy atom. The summed E-state index contributed by atoms with van der Waals surface area (Å²) in [6.07, 6.45) is 0.690. The first kappa shape index (κ1) is 21.8. The van der Waals surface area contributed by atoms with Crippen molar-refractivity contribution in [2.45, 2.75) is 30.7 Å². The van der Waals surface area contributed by atoms with E-state index in [1.54, 1.807) is 0 Å². The monoisotopic (exact) mass is 442 g/mol. The smallest absolute Gasteiger partial charge is 0.242 e. The topological polar surface area (TPSA) is 59.8 Å². The van der Waals surface area contributed by atoms with Crippen LogP contribution in [0.4, 0.5) is 5.69 Å². The third kappa shape index (κ3) is 5.26. The van der Waals surface area contributed by atoms with Crippen LogP contribution in [0.1, 0.15) is 33.3 Å². The van der Waals surface area contributed by atoms with E-state index in [0.29, 0.717) is 11.6 Å². The van der Waals surface area contributed by atoms with Gasteiger partial charge < -0.3 is 9.88 Å². The molecule has 1 N–H and O–H groups in total. The second kappa shape index (κ2) is 9.83. The lowest BCUT2D eigenvalue weighted by Gasteiger charge is -2.17. The lowest BCUT2D eigenvalue weighted by Crippen LogP contribution is -2.19. The number of nitrogens with zero attached hydrogens (tertiary/aromatic N) is 3. The molecule has 1 heterocycles. The van der Waals surface area contributed by atoms with Crippen molar-refractivity contribution >= 4 is 23.4 Å². The summed E-state index contributed by atoms with van der Waals surface area (Å²) in [6, 6.07) is 26.0. The van der Waals surface area contributed by atoms with Gasteiger partial charge >= 0.3 is 0 Å². The lowest BCUT2D eigenvalue weighted by molar-refractivity contribution is -0.115. The van der Waals surface area contributed by atoms with Crippen LogP contribution in [0.2, 0.25) is 0 Å². The number of carbonyl (C=O) groups excluding carboxylic acids is 1. The van der Waals surface area contributed by atoms with E-state index in [-0.39, 0.29) is 5.91 Å². The molecule has 0 aliphatic carbocycles. The second-order valence-electron chi connectivity index (χ2n) is 7.89. The molecule has 0 saturated heterocycles. The van der Waals surface area contributed by atoms with Gasteiger partial charge in [0.15, 0.2) is 5.16 Å². The molecule has 0 spiro atoms. The standard InChI is InChI=1S/C26H26N4OS/c1-18-14-19(2)16-22(15-18)27-25(31)24(21-12-8-5-9-13-21)32-26-29-28-23(30(26)3)17-20-10-6-4-7-11-20/h4-16,24H,17H2,1-3H3,(H,27,31). The van der Waals surface area contributed by atoms with Gasteiger partial charge in [-0.2, -0.15) is 0 Å². The van der Waals surface area contributed by atoms with Gasteiger partial charge in [0, 0.05) is 19.2 Å². The molecular formula is C26H26N4OS. The van der Waals surface area contributed by atoms with Crippen molar-refractivity contribution in [2.24, 2.45) is 7.05 Å². The van der Waals surface area contributed by atoms with Gasteiger partial charge in [-0.15, -0.1) is 10.2 Å². The van der Waals surface area contributed by atoms with E-state index in [1.807, 2.05) is 86.1 Å². The van der Waals surface area contributed by atoms with E-state index in [4.69, 9.17) is 0 Å². The Morgan fingerprint density at radius 2 is 1.56 bits per heavy atom. The molecule has 1 atom stereocenters. The summed E-state index contributed by atoms with van der Waals surface area (Å²) in [6.45, 7) is 4.06. The van der Waals surface area contributed by atoms with Gasteiger partial charge in [-0.1, -0.05) is 78.5 Å². The van der Waals surface area contributed by atoms with E-state index < -0.39 is 5.25 Å². The van der Waals surface area contributed by atoms with Crippen LogP contribution in [-0.4, -0.2) is 20.7 Å². The maximum absolute atomic E-state index is 13.4. The van der Waals surface area contributed by atoms with Crippen molar-refractivity contribution in [3.63, 3.8) is 0 Å². The number of benzene rings is 3. The molecule has 5 nitrogen and oxygen atoms in total. The first-order valence-electron chi connectivity index (χ1n) is 10.5. The van der Waals surface area contributed by atoms with Crippen molar-refractivity contribution in [3.8, 4) is 0 Å². The number of anilines is 1. The molecule has 4 rings (SSSR count). The third-order valence-corrected chi connectivity index (χ3v) is 6.47. The van der Waals surface area contributed by atoms with Crippen molar-refractivity contribution in [3.05, 3.63) is 107 Å². The van der Waals surface area contributed by atoms with E-state index in [0.717, 1.165) is 28.2 Å². The number of hydrogen-bond donors (Lipinski definition) is 1. The van der Waals surface area contributed by atoms with Crippen LogP contribution in [0.3, 0.4) is 0 Å². The fourth-order valence-electron chi connectivity index (χ4n) is 3.64. The minimum atomic E-state index is -0.454. The number of amides is 1. The molecule has 1 unspecified atom stereocenters. The van der Waals surface area contributed by atoms with Crippen LogP contribution in [0.15, 0.2) is 84.0 Å². The molecule has 0 saturated carbocycles. The first-order valence-corrected chi connectivity index (χ1v) is 11.4. The SMILES string of the molecule is Cc1cc(C)cc(NC(=O)C(Sc2nnc(Cc3ccccc3)n2C)c2ccccc2)c1. The van der Waals surface area contributed by atoms with Crippen LogP contribution >= 0.6 is 11.8 Å². The molecule has 1 amide bonds. The molecule has 32 heavy (non-hydrogen) atoms. The van der Waals surface area contributed by atoms with Gasteiger partial charge in [0.2, 0.25) is 5.91 Å². The fraction of sp³-hybridized carbons (Fsp3) is 0.192. The Morgan fingerprint density at radius 1 is 0.938 bits per heavy atom. The Labute approximate surface area is 192 Å². The number of rotatable bonds is 7. The first-order chi connectivity index (χ1) is 15.5. The number of thioether (sulfide) groups is 1. The van der Waals surface area contributed by atoms with Crippen LogP contribution < -0.4 is 5.32 Å². The molecule has 0 aliphatic heterocycles. The Bertz CT molecular complexity index is 1180. The fourth-order valence-corrected chi connectivity index (χ4v) is 4.66. The summed E-state index contributed by atoms with van der Waals surface area (Å²) in [5.41, 5.74) is 5.13. The van der Waals surface area contributed by atoms with Gasteiger partial charge in [-0.05, 0) is 48.2 Å². The third-order valence-electron chi connectivity index (χ3n) is 5.18. The van der Waals surface area contributed by atoms with E-state index in [9.17, 15) is 4.79 Å². The molecule has 0 radical (unpaired) electrons. The normalized spacial score (nSPS) is 11.8. The highest BCUT2D eigenvalue weighted by molar-refractivity contribution is 8.00. The zero-order chi connectivity index (χ0) is 22.5. The van der Waals surface area contributed by atoms with Gasteiger partial charge in [0.05, 0.1) is 0 Å². The molecule has 3 aromatic carbocycles. The van der Waals surface area contributed by atoms with Crippen LogP contribution in [-0.2, 0) is 18.3 Å². The molecule has 0 bridgehead atoms. The van der Waals surface area contributed by atoms with Gasteiger partial charge in [0.25, 0.3) is 0 Å². The molecule has 0 fully saturated rings. The van der Waals surface area contributed by atoms with Gasteiger partial charge in [-0.3, -0.25) is 4.79 Å².